The second-order valence-corrected chi connectivity index (χ2v) is 6.86. The summed E-state index contributed by atoms with van der Waals surface area (Å²) >= 11 is 1.76. The van der Waals surface area contributed by atoms with E-state index in [1.165, 1.54) is 18.2 Å². The number of rotatable bonds is 4. The van der Waals surface area contributed by atoms with Crippen LogP contribution in [0.1, 0.15) is 27.0 Å². The molecular weight excluding hydrogens is 352 g/mol. The van der Waals surface area contributed by atoms with E-state index in [0.717, 1.165) is 22.7 Å². The van der Waals surface area contributed by atoms with Crippen molar-refractivity contribution in [1.82, 2.24) is 9.55 Å². The molecule has 0 saturated carbocycles. The number of hydrogen-bond acceptors (Lipinski definition) is 5. The molecule has 8 heteroatoms. The first kappa shape index (κ1) is 16.3. The molecule has 1 aliphatic rings. The van der Waals surface area contributed by atoms with Gasteiger partial charge in [0.2, 0.25) is 0 Å². The van der Waals surface area contributed by atoms with Crippen LogP contribution in [-0.4, -0.2) is 20.4 Å². The van der Waals surface area contributed by atoms with Gasteiger partial charge >= 0.3 is 0 Å². The summed E-state index contributed by atoms with van der Waals surface area (Å²) in [5.74, 6) is 0.398. The lowest BCUT2D eigenvalue weighted by molar-refractivity contribution is -0.384. The summed E-state index contributed by atoms with van der Waals surface area (Å²) in [6.45, 7) is 0. The molecule has 0 aliphatic carbocycles. The molecule has 0 fully saturated rings. The Labute approximate surface area is 153 Å². The van der Waals surface area contributed by atoms with E-state index in [1.807, 2.05) is 30.6 Å². The van der Waals surface area contributed by atoms with Gasteiger partial charge < -0.3 is 9.88 Å². The van der Waals surface area contributed by atoms with Crippen molar-refractivity contribution in [3.8, 4) is 0 Å². The number of thioether (sulfide) groups is 1. The van der Waals surface area contributed by atoms with Crippen LogP contribution >= 0.6 is 11.8 Å². The van der Waals surface area contributed by atoms with Gasteiger partial charge in [-0.1, -0.05) is 12.1 Å². The zero-order chi connectivity index (χ0) is 18.1. The Balaban J connectivity index is 1.57. The maximum atomic E-state index is 12.5. The zero-order valence-electron chi connectivity index (χ0n) is 13.5. The Bertz CT molecular complexity index is 987. The number of carbonyl (C=O) groups is 1. The van der Waals surface area contributed by atoms with E-state index in [4.69, 9.17) is 0 Å². The molecule has 1 unspecified atom stereocenters. The standard InChI is InChI=1S/C18H14N4O3S/c23-17(12-3-1-5-14(9-12)22(24)25)20-15-6-8-21-16(15)11-26-18(21)13-4-2-7-19-10-13/h1-10,18H,11H2,(H,20,23). The topological polar surface area (TPSA) is 90.1 Å². The molecule has 1 aromatic carbocycles. The molecule has 3 aromatic rings. The second kappa shape index (κ2) is 6.64. The van der Waals surface area contributed by atoms with Gasteiger partial charge in [-0.05, 0) is 18.2 Å². The Kier molecular flexibility index (Phi) is 4.18. The monoisotopic (exact) mass is 366 g/mol. The molecule has 1 amide bonds. The van der Waals surface area contributed by atoms with E-state index in [0.29, 0.717) is 0 Å². The first-order chi connectivity index (χ1) is 12.6. The number of aromatic nitrogens is 2. The summed E-state index contributed by atoms with van der Waals surface area (Å²) in [5.41, 5.74) is 2.99. The van der Waals surface area contributed by atoms with Gasteiger partial charge in [0.25, 0.3) is 11.6 Å². The van der Waals surface area contributed by atoms with E-state index < -0.39 is 4.92 Å². The van der Waals surface area contributed by atoms with Crippen molar-refractivity contribution >= 4 is 29.0 Å². The fraction of sp³-hybridized carbons (Fsp3) is 0.111. The van der Waals surface area contributed by atoms with Gasteiger partial charge in [-0.15, -0.1) is 11.8 Å². The molecule has 1 N–H and O–H groups in total. The number of hydrogen-bond donors (Lipinski definition) is 1. The highest BCUT2D eigenvalue weighted by atomic mass is 32.2. The minimum Gasteiger partial charge on any atom is -0.332 e. The Morgan fingerprint density at radius 2 is 2.19 bits per heavy atom. The van der Waals surface area contributed by atoms with E-state index in [9.17, 15) is 14.9 Å². The van der Waals surface area contributed by atoms with Crippen LogP contribution in [0.2, 0.25) is 0 Å². The van der Waals surface area contributed by atoms with Gasteiger partial charge in [-0.2, -0.15) is 0 Å². The lowest BCUT2D eigenvalue weighted by Crippen LogP contribution is -2.13. The fourth-order valence-corrected chi connectivity index (χ4v) is 4.25. The first-order valence-corrected chi connectivity index (χ1v) is 8.95. The zero-order valence-corrected chi connectivity index (χ0v) is 14.3. The van der Waals surface area contributed by atoms with E-state index in [2.05, 4.69) is 14.9 Å². The van der Waals surface area contributed by atoms with Crippen LogP contribution in [-0.2, 0) is 5.75 Å². The first-order valence-electron chi connectivity index (χ1n) is 7.90. The highest BCUT2D eigenvalue weighted by molar-refractivity contribution is 7.99. The molecule has 3 heterocycles. The maximum Gasteiger partial charge on any atom is 0.270 e. The largest absolute Gasteiger partial charge is 0.332 e. The molecule has 1 atom stereocenters. The van der Waals surface area contributed by atoms with Crippen molar-refractivity contribution < 1.29 is 9.72 Å². The Hall–Kier alpha value is -3.13. The van der Waals surface area contributed by atoms with Gasteiger partial charge in [-0.25, -0.2) is 0 Å². The van der Waals surface area contributed by atoms with Crippen molar-refractivity contribution in [3.63, 3.8) is 0 Å². The smallest absolute Gasteiger partial charge is 0.270 e. The SMILES string of the molecule is O=C(Nc1ccn2c1CSC2c1cccnc1)c1cccc([N+](=O)[O-])c1. The Morgan fingerprint density at radius 1 is 1.31 bits per heavy atom. The molecule has 1 aliphatic heterocycles. The van der Waals surface area contributed by atoms with Crippen molar-refractivity contribution in [2.24, 2.45) is 0 Å². The number of pyridine rings is 1. The van der Waals surface area contributed by atoms with Crippen LogP contribution in [0.3, 0.4) is 0 Å². The van der Waals surface area contributed by atoms with Gasteiger partial charge in [0.1, 0.15) is 5.37 Å². The lowest BCUT2D eigenvalue weighted by atomic mass is 10.2. The average Bonchev–Trinajstić information content (AvgIpc) is 3.25. The maximum absolute atomic E-state index is 12.5. The van der Waals surface area contributed by atoms with Crippen LogP contribution in [0, 0.1) is 10.1 Å². The van der Waals surface area contributed by atoms with Crippen molar-refractivity contribution in [2.75, 3.05) is 5.32 Å². The molecule has 0 bridgehead atoms. The number of nitrogens with one attached hydrogen (secondary N) is 1. The Morgan fingerprint density at radius 3 is 2.96 bits per heavy atom. The molecule has 2 aromatic heterocycles. The number of fused-ring (bicyclic) bond motifs is 1. The third-order valence-electron chi connectivity index (χ3n) is 4.19. The molecule has 0 radical (unpaired) electrons. The molecular formula is C18H14N4O3S. The number of carbonyl (C=O) groups excluding carboxylic acids is 1. The quantitative estimate of drug-likeness (QED) is 0.560. The van der Waals surface area contributed by atoms with Crippen molar-refractivity contribution in [1.29, 1.82) is 0 Å². The average molecular weight is 366 g/mol. The summed E-state index contributed by atoms with van der Waals surface area (Å²) in [6.07, 6.45) is 5.52. The summed E-state index contributed by atoms with van der Waals surface area (Å²) in [7, 11) is 0. The number of benzene rings is 1. The number of nitro benzene ring substituents is 1. The number of anilines is 1. The van der Waals surface area contributed by atoms with Crippen LogP contribution in [0.5, 0.6) is 0 Å². The number of non-ortho nitro benzene ring substituents is 1. The van der Waals surface area contributed by atoms with Crippen LogP contribution in [0.4, 0.5) is 11.4 Å². The second-order valence-electron chi connectivity index (χ2n) is 5.79. The van der Waals surface area contributed by atoms with Gasteiger partial charge in [0.05, 0.1) is 16.3 Å². The number of amides is 1. The van der Waals surface area contributed by atoms with E-state index in [1.54, 1.807) is 24.0 Å². The molecule has 26 heavy (non-hydrogen) atoms. The van der Waals surface area contributed by atoms with Crippen LogP contribution in [0.25, 0.3) is 0 Å². The molecule has 0 saturated heterocycles. The third kappa shape index (κ3) is 2.95. The van der Waals surface area contributed by atoms with Gasteiger partial charge in [0, 0.05) is 47.6 Å². The van der Waals surface area contributed by atoms with Gasteiger partial charge in [0.15, 0.2) is 0 Å². The van der Waals surface area contributed by atoms with Crippen molar-refractivity contribution in [2.45, 2.75) is 11.1 Å². The molecule has 7 nitrogen and oxygen atoms in total. The minimum atomic E-state index is -0.512. The van der Waals surface area contributed by atoms with Crippen LogP contribution in [0.15, 0.2) is 61.1 Å². The summed E-state index contributed by atoms with van der Waals surface area (Å²) in [6, 6.07) is 11.5. The molecule has 0 spiro atoms. The van der Waals surface area contributed by atoms with E-state index in [-0.39, 0.29) is 22.5 Å². The molecule has 130 valence electrons. The third-order valence-corrected chi connectivity index (χ3v) is 5.45. The summed E-state index contributed by atoms with van der Waals surface area (Å²) in [4.78, 5) is 27.0. The highest BCUT2D eigenvalue weighted by Crippen LogP contribution is 2.43. The minimum absolute atomic E-state index is 0.105. The molecule has 4 rings (SSSR count). The summed E-state index contributed by atoms with van der Waals surface area (Å²) in [5, 5.41) is 13.9. The lowest BCUT2D eigenvalue weighted by Gasteiger charge is -2.12. The fourth-order valence-electron chi connectivity index (χ4n) is 2.94. The predicted molar refractivity (Wildman–Crippen MR) is 99.2 cm³/mol. The van der Waals surface area contributed by atoms with Crippen LogP contribution < -0.4 is 5.32 Å². The normalized spacial score (nSPS) is 15.5. The summed E-state index contributed by atoms with van der Waals surface area (Å²) < 4.78 is 2.12. The number of nitrogens with zero attached hydrogens (tertiary/aromatic N) is 3. The number of nitro groups is 1. The van der Waals surface area contributed by atoms with Gasteiger partial charge in [-0.3, -0.25) is 19.9 Å². The van der Waals surface area contributed by atoms with E-state index >= 15 is 0 Å². The van der Waals surface area contributed by atoms with Crippen molar-refractivity contribution in [3.05, 3.63) is 88.0 Å². The predicted octanol–water partition coefficient (Wildman–Crippen LogP) is 3.84. The highest BCUT2D eigenvalue weighted by Gasteiger charge is 2.27.